The van der Waals surface area contributed by atoms with E-state index in [1.165, 1.54) is 5.56 Å². The number of amides is 2. The van der Waals surface area contributed by atoms with Crippen molar-refractivity contribution in [3.8, 4) is 0 Å². The van der Waals surface area contributed by atoms with E-state index in [2.05, 4.69) is 22.8 Å². The molecule has 2 amide bonds. The second-order valence-electron chi connectivity index (χ2n) is 7.29. The third-order valence-electron chi connectivity index (χ3n) is 5.56. The van der Waals surface area contributed by atoms with Gasteiger partial charge in [0.1, 0.15) is 0 Å². The first-order valence-electron chi connectivity index (χ1n) is 9.73. The third-order valence-corrected chi connectivity index (χ3v) is 5.56. The summed E-state index contributed by atoms with van der Waals surface area (Å²) < 4.78 is 0. The molecule has 148 valence electrons. The van der Waals surface area contributed by atoms with E-state index in [9.17, 15) is 9.59 Å². The van der Waals surface area contributed by atoms with E-state index in [0.717, 1.165) is 12.8 Å². The molecule has 1 aliphatic rings. The largest absolute Gasteiger partial charge is 0.350 e. The topological polar surface area (TPSA) is 110 Å². The van der Waals surface area contributed by atoms with Gasteiger partial charge in [-0.05, 0) is 48.9 Å². The van der Waals surface area contributed by atoms with E-state index >= 15 is 0 Å². The van der Waals surface area contributed by atoms with Crippen molar-refractivity contribution in [2.75, 3.05) is 13.1 Å². The Labute approximate surface area is 165 Å². The summed E-state index contributed by atoms with van der Waals surface area (Å²) in [5.74, 6) is -0.112. The molecule has 2 aromatic rings. The summed E-state index contributed by atoms with van der Waals surface area (Å²) in [5, 5.41) is 5.62. The molecule has 0 spiro atoms. The van der Waals surface area contributed by atoms with E-state index in [1.807, 2.05) is 24.3 Å². The Morgan fingerprint density at radius 2 is 1.61 bits per heavy atom. The minimum absolute atomic E-state index is 0.0770. The molecular formula is C22H28N4O2. The normalized spacial score (nSPS) is 24.4. The summed E-state index contributed by atoms with van der Waals surface area (Å²) in [7, 11) is 0. The van der Waals surface area contributed by atoms with Crippen LogP contribution < -0.4 is 22.1 Å². The van der Waals surface area contributed by atoms with Crippen molar-refractivity contribution in [2.24, 2.45) is 17.4 Å². The van der Waals surface area contributed by atoms with Crippen molar-refractivity contribution in [3.63, 3.8) is 0 Å². The van der Waals surface area contributed by atoms with Crippen molar-refractivity contribution in [1.82, 2.24) is 10.6 Å². The van der Waals surface area contributed by atoms with E-state index < -0.39 is 0 Å². The maximum Gasteiger partial charge on any atom is 0.251 e. The molecule has 3 rings (SSSR count). The fourth-order valence-electron chi connectivity index (χ4n) is 4.05. The fourth-order valence-corrected chi connectivity index (χ4v) is 4.05. The smallest absolute Gasteiger partial charge is 0.251 e. The van der Waals surface area contributed by atoms with E-state index in [-0.39, 0.29) is 36.4 Å². The Bertz CT molecular complexity index is 782. The molecule has 0 radical (unpaired) electrons. The molecule has 1 saturated carbocycles. The second-order valence-corrected chi connectivity index (χ2v) is 7.29. The van der Waals surface area contributed by atoms with Gasteiger partial charge in [0.05, 0.1) is 6.54 Å². The summed E-state index contributed by atoms with van der Waals surface area (Å²) in [6.45, 7) is 0.393. The summed E-state index contributed by atoms with van der Waals surface area (Å²) in [6, 6.07) is 18.7. The lowest BCUT2D eigenvalue weighted by atomic mass is 9.71. The van der Waals surface area contributed by atoms with Gasteiger partial charge in [-0.3, -0.25) is 9.59 Å². The van der Waals surface area contributed by atoms with Crippen LogP contribution in [0.15, 0.2) is 60.7 Å². The van der Waals surface area contributed by atoms with E-state index in [4.69, 9.17) is 11.5 Å². The summed E-state index contributed by atoms with van der Waals surface area (Å²) >= 11 is 0. The highest BCUT2D eigenvalue weighted by atomic mass is 16.2. The Hall–Kier alpha value is -2.70. The van der Waals surface area contributed by atoms with E-state index in [1.54, 1.807) is 24.3 Å². The quantitative estimate of drug-likeness (QED) is 0.607. The third kappa shape index (κ3) is 4.77. The Morgan fingerprint density at radius 3 is 2.25 bits per heavy atom. The van der Waals surface area contributed by atoms with Gasteiger partial charge < -0.3 is 22.1 Å². The molecule has 2 aromatic carbocycles. The van der Waals surface area contributed by atoms with Gasteiger partial charge in [-0.2, -0.15) is 0 Å². The first-order valence-corrected chi connectivity index (χ1v) is 9.73. The first-order chi connectivity index (χ1) is 13.6. The standard InChI is InChI=1S/C22H28N4O2/c23-13-18-17(15-7-3-1-4-8-15)11-12-19(21(18)24)26-20(27)14-25-22(28)16-9-5-2-6-10-16/h1-10,17-19,21H,11-14,23-24H2,(H,25,28)(H,26,27)/t17?,18?,19-,21+/m1/s1. The number of nitrogens with two attached hydrogens (primary N) is 2. The lowest BCUT2D eigenvalue weighted by molar-refractivity contribution is -0.121. The maximum absolute atomic E-state index is 12.3. The van der Waals surface area contributed by atoms with Crippen LogP contribution in [0.3, 0.4) is 0 Å². The number of carbonyl (C=O) groups is 2. The monoisotopic (exact) mass is 380 g/mol. The number of hydrogen-bond donors (Lipinski definition) is 4. The zero-order valence-electron chi connectivity index (χ0n) is 15.9. The highest BCUT2D eigenvalue weighted by Crippen LogP contribution is 2.36. The van der Waals surface area contributed by atoms with Gasteiger partial charge in [0, 0.05) is 17.6 Å². The van der Waals surface area contributed by atoms with Crippen molar-refractivity contribution in [3.05, 3.63) is 71.8 Å². The Morgan fingerprint density at radius 1 is 0.964 bits per heavy atom. The van der Waals surface area contributed by atoms with Gasteiger partial charge in [0.25, 0.3) is 5.91 Å². The van der Waals surface area contributed by atoms with Gasteiger partial charge in [-0.25, -0.2) is 0 Å². The molecule has 0 aromatic heterocycles. The predicted molar refractivity (Wildman–Crippen MR) is 110 cm³/mol. The van der Waals surface area contributed by atoms with Crippen LogP contribution in [0.4, 0.5) is 0 Å². The fraction of sp³-hybridized carbons (Fsp3) is 0.364. The molecule has 2 unspecified atom stereocenters. The van der Waals surface area contributed by atoms with E-state index in [0.29, 0.717) is 18.0 Å². The molecule has 1 aliphatic carbocycles. The molecule has 1 fully saturated rings. The van der Waals surface area contributed by atoms with Crippen LogP contribution in [-0.2, 0) is 4.79 Å². The average Bonchev–Trinajstić information content (AvgIpc) is 2.74. The summed E-state index contributed by atoms with van der Waals surface area (Å²) in [6.07, 6.45) is 1.70. The highest BCUT2D eigenvalue weighted by molar-refractivity contribution is 5.96. The first kappa shape index (κ1) is 20.0. The van der Waals surface area contributed by atoms with Crippen molar-refractivity contribution in [1.29, 1.82) is 0 Å². The van der Waals surface area contributed by atoms with Gasteiger partial charge in [-0.15, -0.1) is 0 Å². The highest BCUT2D eigenvalue weighted by Gasteiger charge is 2.37. The summed E-state index contributed by atoms with van der Waals surface area (Å²) in [4.78, 5) is 24.4. The molecule has 6 nitrogen and oxygen atoms in total. The molecule has 0 heterocycles. The molecule has 6 N–H and O–H groups in total. The number of hydrogen-bond acceptors (Lipinski definition) is 4. The Kier molecular flexibility index (Phi) is 6.79. The maximum atomic E-state index is 12.3. The number of carbonyl (C=O) groups excluding carboxylic acids is 2. The number of benzene rings is 2. The molecule has 6 heteroatoms. The van der Waals surface area contributed by atoms with Crippen molar-refractivity contribution >= 4 is 11.8 Å². The van der Waals surface area contributed by atoms with Crippen molar-refractivity contribution in [2.45, 2.75) is 30.8 Å². The van der Waals surface area contributed by atoms with Crippen LogP contribution >= 0.6 is 0 Å². The minimum Gasteiger partial charge on any atom is -0.350 e. The number of nitrogens with one attached hydrogen (secondary N) is 2. The van der Waals surface area contributed by atoms with Crippen LogP contribution in [0.1, 0.15) is 34.7 Å². The second kappa shape index (κ2) is 9.48. The van der Waals surface area contributed by atoms with Crippen LogP contribution in [0.25, 0.3) is 0 Å². The van der Waals surface area contributed by atoms with Crippen LogP contribution in [0.5, 0.6) is 0 Å². The predicted octanol–water partition coefficient (Wildman–Crippen LogP) is 1.38. The van der Waals surface area contributed by atoms with Crippen LogP contribution in [0, 0.1) is 5.92 Å². The molecule has 0 bridgehead atoms. The van der Waals surface area contributed by atoms with Crippen molar-refractivity contribution < 1.29 is 9.59 Å². The average molecular weight is 380 g/mol. The minimum atomic E-state index is -0.271. The Balaban J connectivity index is 1.54. The summed E-state index contributed by atoms with van der Waals surface area (Å²) in [5.41, 5.74) is 14.3. The molecule has 28 heavy (non-hydrogen) atoms. The zero-order chi connectivity index (χ0) is 19.9. The zero-order valence-corrected chi connectivity index (χ0v) is 15.9. The van der Waals surface area contributed by atoms with Crippen LogP contribution in [-0.4, -0.2) is 37.0 Å². The SMILES string of the molecule is NCC1C(c2ccccc2)CC[C@@H](NC(=O)CNC(=O)c2ccccc2)[C@H]1N. The lowest BCUT2D eigenvalue weighted by Crippen LogP contribution is -2.58. The molecular weight excluding hydrogens is 352 g/mol. The van der Waals surface area contributed by atoms with Crippen LogP contribution in [0.2, 0.25) is 0 Å². The van der Waals surface area contributed by atoms with Gasteiger partial charge in [-0.1, -0.05) is 48.5 Å². The lowest BCUT2D eigenvalue weighted by Gasteiger charge is -2.41. The van der Waals surface area contributed by atoms with Gasteiger partial charge in [0.2, 0.25) is 5.91 Å². The molecule has 4 atom stereocenters. The molecule has 0 aliphatic heterocycles. The van der Waals surface area contributed by atoms with Gasteiger partial charge in [0.15, 0.2) is 0 Å². The molecule has 0 saturated heterocycles. The number of rotatable bonds is 6. The van der Waals surface area contributed by atoms with Gasteiger partial charge >= 0.3 is 0 Å².